The zero-order chi connectivity index (χ0) is 14.4. The second kappa shape index (κ2) is 7.83. The molecule has 0 amide bonds. The Bertz CT molecular complexity index is 399. The predicted molar refractivity (Wildman–Crippen MR) is 88.1 cm³/mol. The van der Waals surface area contributed by atoms with Crippen LogP contribution in [0, 0.1) is 18.8 Å². The van der Waals surface area contributed by atoms with Gasteiger partial charge >= 0.3 is 0 Å². The largest absolute Gasteiger partial charge is 0.314 e. The molecular formula is C19H31N. The quantitative estimate of drug-likeness (QED) is 0.790. The van der Waals surface area contributed by atoms with Gasteiger partial charge in [-0.05, 0) is 56.6 Å². The third-order valence-electron chi connectivity index (χ3n) is 4.83. The maximum absolute atomic E-state index is 3.73. The molecular weight excluding hydrogens is 242 g/mol. The van der Waals surface area contributed by atoms with Gasteiger partial charge in [0, 0.05) is 6.04 Å². The first kappa shape index (κ1) is 15.6. The van der Waals surface area contributed by atoms with Crippen LogP contribution in [0.3, 0.4) is 0 Å². The van der Waals surface area contributed by atoms with E-state index in [-0.39, 0.29) is 0 Å². The zero-order valence-corrected chi connectivity index (χ0v) is 13.5. The van der Waals surface area contributed by atoms with E-state index in [1.165, 1.54) is 49.7 Å². The minimum Gasteiger partial charge on any atom is -0.314 e. The molecule has 0 aliphatic heterocycles. The summed E-state index contributed by atoms with van der Waals surface area (Å²) in [4.78, 5) is 0. The summed E-state index contributed by atoms with van der Waals surface area (Å²) in [7, 11) is 0. The molecule has 0 aromatic heterocycles. The van der Waals surface area contributed by atoms with Gasteiger partial charge < -0.3 is 5.32 Å². The summed E-state index contributed by atoms with van der Waals surface area (Å²) in [5.41, 5.74) is 2.92. The van der Waals surface area contributed by atoms with Crippen LogP contribution in [-0.2, 0) is 6.42 Å². The minimum atomic E-state index is 0.730. The molecule has 1 heteroatoms. The average molecular weight is 273 g/mol. The van der Waals surface area contributed by atoms with Crippen LogP contribution in [-0.4, -0.2) is 12.6 Å². The number of rotatable bonds is 6. The van der Waals surface area contributed by atoms with Crippen molar-refractivity contribution in [1.29, 1.82) is 0 Å². The number of hydrogen-bond acceptors (Lipinski definition) is 1. The Labute approximate surface area is 125 Å². The van der Waals surface area contributed by atoms with E-state index < -0.39 is 0 Å². The summed E-state index contributed by atoms with van der Waals surface area (Å²) in [5, 5.41) is 3.73. The average Bonchev–Trinajstić information content (AvgIpc) is 2.42. The molecule has 1 aromatic rings. The van der Waals surface area contributed by atoms with E-state index in [4.69, 9.17) is 0 Å². The van der Waals surface area contributed by atoms with E-state index in [9.17, 15) is 0 Å². The molecule has 3 atom stereocenters. The van der Waals surface area contributed by atoms with Crippen molar-refractivity contribution in [1.82, 2.24) is 5.32 Å². The fourth-order valence-electron chi connectivity index (χ4n) is 3.93. The molecule has 0 radical (unpaired) electrons. The van der Waals surface area contributed by atoms with Crippen molar-refractivity contribution in [3.05, 3.63) is 35.4 Å². The molecule has 1 aliphatic rings. The second-order valence-corrected chi connectivity index (χ2v) is 6.59. The summed E-state index contributed by atoms with van der Waals surface area (Å²) >= 11 is 0. The van der Waals surface area contributed by atoms with Gasteiger partial charge in [-0.25, -0.2) is 0 Å². The Morgan fingerprint density at radius 2 is 2.05 bits per heavy atom. The molecule has 0 bridgehead atoms. The molecule has 3 unspecified atom stereocenters. The van der Waals surface area contributed by atoms with Crippen LogP contribution < -0.4 is 5.32 Å². The predicted octanol–water partition coefficient (Wildman–Crippen LogP) is 4.73. The van der Waals surface area contributed by atoms with Gasteiger partial charge in [-0.1, -0.05) is 56.5 Å². The Balaban J connectivity index is 2.02. The molecule has 1 nitrogen and oxygen atoms in total. The van der Waals surface area contributed by atoms with Crippen molar-refractivity contribution in [2.75, 3.05) is 6.54 Å². The fraction of sp³-hybridized carbons (Fsp3) is 0.684. The van der Waals surface area contributed by atoms with Gasteiger partial charge in [0.25, 0.3) is 0 Å². The molecule has 20 heavy (non-hydrogen) atoms. The van der Waals surface area contributed by atoms with Crippen molar-refractivity contribution < 1.29 is 0 Å². The standard InChI is InChI=1S/C19H31N/c1-4-7-16-10-11-19(20-5-2)18(13-16)14-17-9-6-8-15(3)12-17/h6,8-9,12,16,18-20H,4-5,7,10-11,13-14H2,1-3H3. The summed E-state index contributed by atoms with van der Waals surface area (Å²) in [6, 6.07) is 9.81. The highest BCUT2D eigenvalue weighted by Crippen LogP contribution is 2.34. The van der Waals surface area contributed by atoms with Crippen molar-refractivity contribution >= 4 is 0 Å². The Morgan fingerprint density at radius 3 is 2.75 bits per heavy atom. The lowest BCUT2D eigenvalue weighted by Gasteiger charge is -2.37. The maximum atomic E-state index is 3.73. The van der Waals surface area contributed by atoms with Crippen LogP contribution >= 0.6 is 0 Å². The SMILES string of the molecule is CCCC1CCC(NCC)C(Cc2cccc(C)c2)C1. The van der Waals surface area contributed by atoms with Gasteiger partial charge in [0.15, 0.2) is 0 Å². The van der Waals surface area contributed by atoms with Crippen molar-refractivity contribution in [3.63, 3.8) is 0 Å². The Kier molecular flexibility index (Phi) is 6.09. The lowest BCUT2D eigenvalue weighted by Crippen LogP contribution is -2.41. The first-order valence-corrected chi connectivity index (χ1v) is 8.51. The van der Waals surface area contributed by atoms with Gasteiger partial charge in [0.1, 0.15) is 0 Å². The summed E-state index contributed by atoms with van der Waals surface area (Å²) < 4.78 is 0. The molecule has 2 rings (SSSR count). The molecule has 0 saturated heterocycles. The Hall–Kier alpha value is -0.820. The van der Waals surface area contributed by atoms with Crippen molar-refractivity contribution in [3.8, 4) is 0 Å². The van der Waals surface area contributed by atoms with Crippen molar-refractivity contribution in [2.24, 2.45) is 11.8 Å². The molecule has 1 saturated carbocycles. The Morgan fingerprint density at radius 1 is 1.20 bits per heavy atom. The van der Waals surface area contributed by atoms with E-state index in [2.05, 4.69) is 50.4 Å². The fourth-order valence-corrected chi connectivity index (χ4v) is 3.93. The van der Waals surface area contributed by atoms with E-state index in [1.807, 2.05) is 0 Å². The van der Waals surface area contributed by atoms with Crippen LogP contribution in [0.4, 0.5) is 0 Å². The summed E-state index contributed by atoms with van der Waals surface area (Å²) in [5.74, 6) is 1.78. The van der Waals surface area contributed by atoms with Gasteiger partial charge in [-0.15, -0.1) is 0 Å². The molecule has 0 heterocycles. The van der Waals surface area contributed by atoms with E-state index in [1.54, 1.807) is 0 Å². The molecule has 112 valence electrons. The number of benzene rings is 1. The van der Waals surface area contributed by atoms with Crippen LogP contribution in [0.2, 0.25) is 0 Å². The van der Waals surface area contributed by atoms with Gasteiger partial charge in [-0.2, -0.15) is 0 Å². The summed E-state index contributed by atoms with van der Waals surface area (Å²) in [6.45, 7) is 7.87. The zero-order valence-electron chi connectivity index (χ0n) is 13.5. The van der Waals surface area contributed by atoms with E-state index >= 15 is 0 Å². The molecule has 0 spiro atoms. The van der Waals surface area contributed by atoms with E-state index in [0.717, 1.165) is 24.4 Å². The van der Waals surface area contributed by atoms with Crippen LogP contribution in [0.1, 0.15) is 57.1 Å². The lowest BCUT2D eigenvalue weighted by molar-refractivity contribution is 0.195. The monoisotopic (exact) mass is 273 g/mol. The highest BCUT2D eigenvalue weighted by Gasteiger charge is 2.29. The second-order valence-electron chi connectivity index (χ2n) is 6.59. The number of nitrogens with one attached hydrogen (secondary N) is 1. The van der Waals surface area contributed by atoms with Crippen LogP contribution in [0.5, 0.6) is 0 Å². The molecule has 1 fully saturated rings. The van der Waals surface area contributed by atoms with Crippen LogP contribution in [0.15, 0.2) is 24.3 Å². The van der Waals surface area contributed by atoms with Crippen LogP contribution in [0.25, 0.3) is 0 Å². The van der Waals surface area contributed by atoms with E-state index in [0.29, 0.717) is 0 Å². The van der Waals surface area contributed by atoms with Gasteiger partial charge in [0.2, 0.25) is 0 Å². The first-order chi connectivity index (χ1) is 9.72. The maximum Gasteiger partial charge on any atom is 0.00985 e. The highest BCUT2D eigenvalue weighted by atomic mass is 14.9. The number of hydrogen-bond donors (Lipinski definition) is 1. The van der Waals surface area contributed by atoms with Crippen molar-refractivity contribution in [2.45, 2.75) is 65.3 Å². The topological polar surface area (TPSA) is 12.0 Å². The minimum absolute atomic E-state index is 0.730. The molecule has 1 aliphatic carbocycles. The summed E-state index contributed by atoms with van der Waals surface area (Å²) in [6.07, 6.45) is 8.22. The smallest absolute Gasteiger partial charge is 0.00985 e. The third-order valence-corrected chi connectivity index (χ3v) is 4.83. The normalized spacial score (nSPS) is 26.6. The molecule has 1 aromatic carbocycles. The highest BCUT2D eigenvalue weighted by molar-refractivity contribution is 5.23. The van der Waals surface area contributed by atoms with Gasteiger partial charge in [-0.3, -0.25) is 0 Å². The van der Waals surface area contributed by atoms with Gasteiger partial charge in [0.05, 0.1) is 0 Å². The molecule has 1 N–H and O–H groups in total. The third kappa shape index (κ3) is 4.34. The lowest BCUT2D eigenvalue weighted by atomic mass is 9.74. The number of aryl methyl sites for hydroxylation is 1. The first-order valence-electron chi connectivity index (χ1n) is 8.51.